The van der Waals surface area contributed by atoms with E-state index in [0.717, 1.165) is 0 Å². The Morgan fingerprint density at radius 3 is 2.61 bits per heavy atom. The Bertz CT molecular complexity index is 432. The van der Waals surface area contributed by atoms with Gasteiger partial charge in [0.25, 0.3) is 0 Å². The van der Waals surface area contributed by atoms with Crippen molar-refractivity contribution in [1.29, 1.82) is 0 Å². The SMILES string of the molecule is COC(=O)c1ccc(Br)c(OCCC(F)(F)F)c1. The molecule has 0 spiro atoms. The average Bonchev–Trinajstić information content (AvgIpc) is 2.29. The molecule has 1 rings (SSSR count). The number of carbonyl (C=O) groups is 1. The van der Waals surface area contributed by atoms with Crippen molar-refractivity contribution < 1.29 is 27.4 Å². The van der Waals surface area contributed by atoms with E-state index in [2.05, 4.69) is 20.7 Å². The van der Waals surface area contributed by atoms with Crippen molar-refractivity contribution >= 4 is 21.9 Å². The molecule has 7 heteroatoms. The fourth-order valence-electron chi connectivity index (χ4n) is 1.14. The van der Waals surface area contributed by atoms with Gasteiger partial charge in [0.2, 0.25) is 0 Å². The summed E-state index contributed by atoms with van der Waals surface area (Å²) < 4.78 is 45.8. The van der Waals surface area contributed by atoms with Gasteiger partial charge in [-0.2, -0.15) is 13.2 Å². The van der Waals surface area contributed by atoms with Crippen LogP contribution in [0.1, 0.15) is 16.8 Å². The van der Waals surface area contributed by atoms with Gasteiger partial charge in [-0.1, -0.05) is 0 Å². The summed E-state index contributed by atoms with van der Waals surface area (Å²) in [7, 11) is 1.22. The first kappa shape index (κ1) is 14.8. The van der Waals surface area contributed by atoms with Crippen LogP contribution in [0, 0.1) is 0 Å². The van der Waals surface area contributed by atoms with Gasteiger partial charge in [0.15, 0.2) is 0 Å². The van der Waals surface area contributed by atoms with Gasteiger partial charge < -0.3 is 9.47 Å². The number of hydrogen-bond acceptors (Lipinski definition) is 3. The Morgan fingerprint density at radius 1 is 1.39 bits per heavy atom. The minimum atomic E-state index is -4.27. The number of rotatable bonds is 4. The van der Waals surface area contributed by atoms with Gasteiger partial charge in [-0.25, -0.2) is 4.79 Å². The minimum absolute atomic E-state index is 0.169. The maximum atomic E-state index is 12.0. The Morgan fingerprint density at radius 2 is 2.06 bits per heavy atom. The van der Waals surface area contributed by atoms with Crippen LogP contribution in [-0.2, 0) is 4.74 Å². The molecule has 1 aromatic carbocycles. The minimum Gasteiger partial charge on any atom is -0.492 e. The first-order valence-electron chi connectivity index (χ1n) is 4.91. The van der Waals surface area contributed by atoms with Crippen LogP contribution in [0.5, 0.6) is 5.75 Å². The Hall–Kier alpha value is -1.24. The highest BCUT2D eigenvalue weighted by atomic mass is 79.9. The summed E-state index contributed by atoms with van der Waals surface area (Å²) in [6, 6.07) is 4.31. The van der Waals surface area contributed by atoms with Crippen LogP contribution in [0.2, 0.25) is 0 Å². The van der Waals surface area contributed by atoms with Crippen molar-refractivity contribution in [3.63, 3.8) is 0 Å². The first-order valence-corrected chi connectivity index (χ1v) is 5.70. The quantitative estimate of drug-likeness (QED) is 0.793. The summed E-state index contributed by atoms with van der Waals surface area (Å²) in [5.41, 5.74) is 0.211. The molecule has 0 aliphatic rings. The molecule has 0 aromatic heterocycles. The molecule has 0 heterocycles. The fraction of sp³-hybridized carbons (Fsp3) is 0.364. The highest BCUT2D eigenvalue weighted by molar-refractivity contribution is 9.10. The average molecular weight is 327 g/mol. The largest absolute Gasteiger partial charge is 0.492 e. The van der Waals surface area contributed by atoms with Gasteiger partial charge in [0.05, 0.1) is 30.2 Å². The van der Waals surface area contributed by atoms with E-state index in [1.165, 1.54) is 25.3 Å². The van der Waals surface area contributed by atoms with Crippen LogP contribution < -0.4 is 4.74 Å². The second-order valence-electron chi connectivity index (χ2n) is 3.35. The molecule has 0 saturated heterocycles. The van der Waals surface area contributed by atoms with Crippen LogP contribution >= 0.6 is 15.9 Å². The molecule has 0 N–H and O–H groups in total. The van der Waals surface area contributed by atoms with E-state index in [-0.39, 0.29) is 11.3 Å². The predicted molar refractivity (Wildman–Crippen MR) is 61.6 cm³/mol. The third kappa shape index (κ3) is 4.56. The number of hydrogen-bond donors (Lipinski definition) is 0. The molecule has 0 bridgehead atoms. The van der Waals surface area contributed by atoms with Crippen LogP contribution in [0.3, 0.4) is 0 Å². The molecule has 0 fully saturated rings. The van der Waals surface area contributed by atoms with E-state index in [4.69, 9.17) is 4.74 Å². The normalized spacial score (nSPS) is 11.2. The zero-order valence-electron chi connectivity index (χ0n) is 9.38. The lowest BCUT2D eigenvalue weighted by Crippen LogP contribution is -2.13. The monoisotopic (exact) mass is 326 g/mol. The smallest absolute Gasteiger partial charge is 0.392 e. The van der Waals surface area contributed by atoms with Gasteiger partial charge in [-0.05, 0) is 34.1 Å². The second kappa shape index (κ2) is 6.08. The molecule has 0 atom stereocenters. The van der Waals surface area contributed by atoms with Crippen LogP contribution in [-0.4, -0.2) is 25.9 Å². The second-order valence-corrected chi connectivity index (χ2v) is 4.20. The Balaban J connectivity index is 2.73. The highest BCUT2D eigenvalue weighted by Gasteiger charge is 2.27. The molecule has 100 valence electrons. The van der Waals surface area contributed by atoms with Crippen molar-refractivity contribution in [2.75, 3.05) is 13.7 Å². The Kier molecular flexibility index (Phi) is 5.01. The van der Waals surface area contributed by atoms with E-state index in [1.54, 1.807) is 0 Å². The maximum absolute atomic E-state index is 12.0. The predicted octanol–water partition coefficient (Wildman–Crippen LogP) is 3.57. The molecule has 0 radical (unpaired) electrons. The molecule has 18 heavy (non-hydrogen) atoms. The summed E-state index contributed by atoms with van der Waals surface area (Å²) in [5.74, 6) is -0.412. The van der Waals surface area contributed by atoms with E-state index in [0.29, 0.717) is 4.47 Å². The Labute approximate surface area is 110 Å². The summed E-state index contributed by atoms with van der Waals surface area (Å²) in [4.78, 5) is 11.2. The molecule has 0 amide bonds. The molecule has 0 aliphatic heterocycles. The third-order valence-electron chi connectivity index (χ3n) is 2.00. The van der Waals surface area contributed by atoms with E-state index in [1.807, 2.05) is 0 Å². The first-order chi connectivity index (χ1) is 8.33. The lowest BCUT2D eigenvalue weighted by molar-refractivity contribution is -0.139. The van der Waals surface area contributed by atoms with Crippen LogP contribution in [0.15, 0.2) is 22.7 Å². The highest BCUT2D eigenvalue weighted by Crippen LogP contribution is 2.27. The molecule has 1 aromatic rings. The number of ether oxygens (including phenoxy) is 2. The lowest BCUT2D eigenvalue weighted by Gasteiger charge is -2.11. The summed E-state index contributed by atoms with van der Waals surface area (Å²) in [5, 5.41) is 0. The summed E-state index contributed by atoms with van der Waals surface area (Å²) in [6.45, 7) is -0.507. The van der Waals surface area contributed by atoms with Gasteiger partial charge in [-0.15, -0.1) is 0 Å². The van der Waals surface area contributed by atoms with Crippen molar-refractivity contribution in [3.05, 3.63) is 28.2 Å². The van der Waals surface area contributed by atoms with Gasteiger partial charge in [0.1, 0.15) is 5.75 Å². The van der Waals surface area contributed by atoms with E-state index >= 15 is 0 Å². The molecular weight excluding hydrogens is 317 g/mol. The number of alkyl halides is 3. The third-order valence-corrected chi connectivity index (χ3v) is 2.65. The molecular formula is C11H10BrF3O3. The zero-order valence-corrected chi connectivity index (χ0v) is 11.0. The van der Waals surface area contributed by atoms with E-state index < -0.39 is 25.2 Å². The molecule has 0 saturated carbocycles. The standard InChI is InChI=1S/C11H10BrF3O3/c1-17-10(16)7-2-3-8(12)9(6-7)18-5-4-11(13,14)15/h2-3,6H,4-5H2,1H3. The topological polar surface area (TPSA) is 35.5 Å². The van der Waals surface area contributed by atoms with Crippen molar-refractivity contribution in [3.8, 4) is 5.75 Å². The van der Waals surface area contributed by atoms with Crippen LogP contribution in [0.25, 0.3) is 0 Å². The zero-order chi connectivity index (χ0) is 13.8. The fourth-order valence-corrected chi connectivity index (χ4v) is 1.50. The number of methoxy groups -OCH3 is 1. The van der Waals surface area contributed by atoms with Crippen molar-refractivity contribution in [2.24, 2.45) is 0 Å². The number of carbonyl (C=O) groups excluding carboxylic acids is 1. The summed E-state index contributed by atoms with van der Waals surface area (Å²) in [6.07, 6.45) is -5.33. The van der Waals surface area contributed by atoms with Crippen molar-refractivity contribution in [1.82, 2.24) is 0 Å². The lowest BCUT2D eigenvalue weighted by atomic mass is 10.2. The van der Waals surface area contributed by atoms with E-state index in [9.17, 15) is 18.0 Å². The van der Waals surface area contributed by atoms with Gasteiger partial charge >= 0.3 is 12.1 Å². The number of halogens is 4. The van der Waals surface area contributed by atoms with Crippen LogP contribution in [0.4, 0.5) is 13.2 Å². The molecule has 3 nitrogen and oxygen atoms in total. The molecule has 0 aliphatic carbocycles. The van der Waals surface area contributed by atoms with Crippen molar-refractivity contribution in [2.45, 2.75) is 12.6 Å². The molecule has 0 unspecified atom stereocenters. The van der Waals surface area contributed by atoms with Gasteiger partial charge in [0, 0.05) is 0 Å². The maximum Gasteiger partial charge on any atom is 0.392 e. The van der Waals surface area contributed by atoms with Gasteiger partial charge in [-0.3, -0.25) is 0 Å². The number of esters is 1. The number of benzene rings is 1. The summed E-state index contributed by atoms with van der Waals surface area (Å²) >= 11 is 3.12.